The Hall–Kier alpha value is -1.66. The van der Waals surface area contributed by atoms with Gasteiger partial charge in [0.15, 0.2) is 0 Å². The number of aliphatic hydroxyl groups is 1. The highest BCUT2D eigenvalue weighted by molar-refractivity contribution is 7.10. The molecule has 0 bridgehead atoms. The number of hydrogen-bond donors (Lipinski definition) is 1. The van der Waals surface area contributed by atoms with Gasteiger partial charge < -0.3 is 14.6 Å². The molecule has 3 aliphatic heterocycles. The summed E-state index contributed by atoms with van der Waals surface area (Å²) in [5.41, 5.74) is 2.44. The van der Waals surface area contributed by atoms with Crippen LogP contribution in [0.3, 0.4) is 0 Å². The Labute approximate surface area is 144 Å². The van der Waals surface area contributed by atoms with E-state index in [1.807, 2.05) is 17.4 Å². The first kappa shape index (κ1) is 14.7. The fourth-order valence-corrected chi connectivity index (χ4v) is 5.80. The lowest BCUT2D eigenvalue weighted by Crippen LogP contribution is -2.43. The van der Waals surface area contributed by atoms with Crippen molar-refractivity contribution in [3.63, 3.8) is 0 Å². The zero-order valence-corrected chi connectivity index (χ0v) is 14.3. The molecule has 2 aromatic heterocycles. The van der Waals surface area contributed by atoms with Gasteiger partial charge in [0.1, 0.15) is 0 Å². The average Bonchev–Trinajstić information content (AvgIpc) is 3.33. The van der Waals surface area contributed by atoms with Crippen molar-refractivity contribution >= 4 is 17.2 Å². The molecule has 6 heteroatoms. The molecule has 0 unspecified atom stereocenters. The third kappa shape index (κ3) is 2.09. The smallest absolute Gasteiger partial charge is 0.222 e. The lowest BCUT2D eigenvalue weighted by atomic mass is 9.84. The predicted octanol–water partition coefficient (Wildman–Crippen LogP) is 2.67. The molecule has 0 aliphatic carbocycles. The zero-order chi connectivity index (χ0) is 16.3. The number of carbonyl (C=O) groups is 1. The third-order valence-corrected chi connectivity index (χ3v) is 7.07. The molecule has 3 aliphatic rings. The number of imidazole rings is 1. The summed E-state index contributed by atoms with van der Waals surface area (Å²) in [5.74, 6) is 0.600. The normalized spacial score (nSPS) is 29.5. The van der Waals surface area contributed by atoms with Crippen LogP contribution in [-0.2, 0) is 4.79 Å². The molecule has 5 nitrogen and oxygen atoms in total. The van der Waals surface area contributed by atoms with Crippen LogP contribution in [0.15, 0.2) is 24.0 Å². The standard InChI is InChI=1S/C18H21N3O2S/c22-16(11-3-5-20-12(7-11)1-2-17(20)23)8-14-18-13(4-6-24-18)15-9-19-10-21(14)15/h4,6,9-12,14,16,22H,1-3,5,7-8H2/t11-,12+,14+,16-/m1/s1. The van der Waals surface area contributed by atoms with E-state index in [1.54, 1.807) is 11.3 Å². The van der Waals surface area contributed by atoms with Gasteiger partial charge in [-0.3, -0.25) is 4.79 Å². The minimum Gasteiger partial charge on any atom is -0.393 e. The van der Waals surface area contributed by atoms with Crippen molar-refractivity contribution in [2.75, 3.05) is 6.54 Å². The number of carbonyl (C=O) groups excluding carboxylic acids is 1. The molecule has 5 rings (SSSR count). The molecule has 126 valence electrons. The number of aromatic nitrogens is 2. The van der Waals surface area contributed by atoms with Gasteiger partial charge in [-0.1, -0.05) is 0 Å². The van der Waals surface area contributed by atoms with Crippen molar-refractivity contribution in [2.45, 2.75) is 50.3 Å². The van der Waals surface area contributed by atoms with E-state index >= 15 is 0 Å². The molecule has 5 heterocycles. The van der Waals surface area contributed by atoms with Gasteiger partial charge in [-0.05, 0) is 43.0 Å². The van der Waals surface area contributed by atoms with E-state index in [-0.39, 0.29) is 12.1 Å². The van der Waals surface area contributed by atoms with Crippen LogP contribution in [0, 0.1) is 5.92 Å². The number of fused-ring (bicyclic) bond motifs is 4. The van der Waals surface area contributed by atoms with Crippen molar-refractivity contribution in [2.24, 2.45) is 5.92 Å². The van der Waals surface area contributed by atoms with Crippen molar-refractivity contribution in [3.8, 4) is 11.3 Å². The second-order valence-electron chi connectivity index (χ2n) is 7.27. The number of amides is 1. The minimum absolute atomic E-state index is 0.204. The first-order valence-electron chi connectivity index (χ1n) is 8.79. The molecule has 0 aromatic carbocycles. The van der Waals surface area contributed by atoms with Gasteiger partial charge in [-0.15, -0.1) is 11.3 Å². The summed E-state index contributed by atoms with van der Waals surface area (Å²) in [6.07, 6.45) is 7.74. The van der Waals surface area contributed by atoms with Crippen LogP contribution in [0.25, 0.3) is 11.3 Å². The highest BCUT2D eigenvalue weighted by Gasteiger charge is 2.40. The largest absolute Gasteiger partial charge is 0.393 e. The Kier molecular flexibility index (Phi) is 3.31. The maximum Gasteiger partial charge on any atom is 0.222 e. The molecule has 0 radical (unpaired) electrons. The van der Waals surface area contributed by atoms with Gasteiger partial charge in [-0.25, -0.2) is 4.98 Å². The number of thiophene rings is 1. The van der Waals surface area contributed by atoms with E-state index in [0.717, 1.165) is 32.2 Å². The van der Waals surface area contributed by atoms with Crippen molar-refractivity contribution < 1.29 is 9.90 Å². The number of hydrogen-bond acceptors (Lipinski definition) is 4. The molecule has 0 spiro atoms. The monoisotopic (exact) mass is 343 g/mol. The Morgan fingerprint density at radius 1 is 1.42 bits per heavy atom. The first-order valence-corrected chi connectivity index (χ1v) is 9.67. The Balaban J connectivity index is 1.33. The van der Waals surface area contributed by atoms with E-state index in [1.165, 1.54) is 16.1 Å². The van der Waals surface area contributed by atoms with Crippen LogP contribution < -0.4 is 0 Å². The van der Waals surface area contributed by atoms with E-state index in [4.69, 9.17) is 0 Å². The van der Waals surface area contributed by atoms with Crippen LogP contribution in [0.5, 0.6) is 0 Å². The van der Waals surface area contributed by atoms with Gasteiger partial charge in [0, 0.05) is 29.4 Å². The van der Waals surface area contributed by atoms with Crippen molar-refractivity contribution in [1.29, 1.82) is 0 Å². The molecule has 2 fully saturated rings. The molecule has 1 amide bonds. The molecule has 2 saturated heterocycles. The van der Waals surface area contributed by atoms with E-state index in [2.05, 4.69) is 21.0 Å². The molecule has 24 heavy (non-hydrogen) atoms. The molecule has 2 aromatic rings. The lowest BCUT2D eigenvalue weighted by Gasteiger charge is -2.37. The van der Waals surface area contributed by atoms with Crippen LogP contribution in [0.4, 0.5) is 0 Å². The van der Waals surface area contributed by atoms with Gasteiger partial charge in [-0.2, -0.15) is 0 Å². The second-order valence-corrected chi connectivity index (χ2v) is 8.22. The number of nitrogens with zero attached hydrogens (tertiary/aromatic N) is 3. The van der Waals surface area contributed by atoms with Crippen LogP contribution >= 0.6 is 11.3 Å². The van der Waals surface area contributed by atoms with Gasteiger partial charge >= 0.3 is 0 Å². The molecule has 1 N–H and O–H groups in total. The topological polar surface area (TPSA) is 58.4 Å². The van der Waals surface area contributed by atoms with Crippen molar-refractivity contribution in [3.05, 3.63) is 28.8 Å². The molecular formula is C18H21N3O2S. The maximum absolute atomic E-state index is 11.8. The summed E-state index contributed by atoms with van der Waals surface area (Å²) in [5, 5.41) is 13.0. The Bertz CT molecular complexity index is 743. The van der Waals surface area contributed by atoms with Crippen LogP contribution in [0.2, 0.25) is 0 Å². The minimum atomic E-state index is -0.323. The Morgan fingerprint density at radius 2 is 2.33 bits per heavy atom. The summed E-state index contributed by atoms with van der Waals surface area (Å²) in [6, 6.07) is 2.72. The maximum atomic E-state index is 11.8. The van der Waals surface area contributed by atoms with E-state index < -0.39 is 0 Å². The van der Waals surface area contributed by atoms with E-state index in [0.29, 0.717) is 24.3 Å². The summed E-state index contributed by atoms with van der Waals surface area (Å²) in [4.78, 5) is 19.5. The Morgan fingerprint density at radius 3 is 3.25 bits per heavy atom. The summed E-state index contributed by atoms with van der Waals surface area (Å²) in [6.45, 7) is 0.816. The number of rotatable bonds is 3. The third-order valence-electron chi connectivity index (χ3n) is 6.05. The first-order chi connectivity index (χ1) is 11.7. The number of piperidine rings is 1. The fourth-order valence-electron chi connectivity index (χ4n) is 4.79. The SMILES string of the molecule is O=C1CC[C@H]2C[C@H]([C@H](O)C[C@H]3c4sccc4-c4cncn43)CCN12. The predicted molar refractivity (Wildman–Crippen MR) is 91.8 cm³/mol. The average molecular weight is 343 g/mol. The highest BCUT2D eigenvalue weighted by atomic mass is 32.1. The van der Waals surface area contributed by atoms with Gasteiger partial charge in [0.25, 0.3) is 0 Å². The summed E-state index contributed by atoms with van der Waals surface area (Å²) >= 11 is 1.77. The molecule has 0 saturated carbocycles. The van der Waals surface area contributed by atoms with Crippen molar-refractivity contribution in [1.82, 2.24) is 14.5 Å². The molecule has 4 atom stereocenters. The second kappa shape index (κ2) is 5.43. The zero-order valence-electron chi connectivity index (χ0n) is 13.5. The van der Waals surface area contributed by atoms with Gasteiger partial charge in [0.2, 0.25) is 5.91 Å². The van der Waals surface area contributed by atoms with Crippen LogP contribution in [0.1, 0.15) is 43.0 Å². The quantitative estimate of drug-likeness (QED) is 0.932. The highest BCUT2D eigenvalue weighted by Crippen LogP contribution is 2.45. The summed E-state index contributed by atoms with van der Waals surface area (Å²) < 4.78 is 2.21. The molecular weight excluding hydrogens is 322 g/mol. The van der Waals surface area contributed by atoms with Crippen LogP contribution in [-0.4, -0.2) is 44.2 Å². The summed E-state index contributed by atoms with van der Waals surface area (Å²) in [7, 11) is 0. The fraction of sp³-hybridized carbons (Fsp3) is 0.556. The van der Waals surface area contributed by atoms with Gasteiger partial charge in [0.05, 0.1) is 30.4 Å². The lowest BCUT2D eigenvalue weighted by molar-refractivity contribution is -0.131. The van der Waals surface area contributed by atoms with E-state index in [9.17, 15) is 9.90 Å². The number of aliphatic hydroxyl groups excluding tert-OH is 1.